The van der Waals surface area contributed by atoms with Gasteiger partial charge in [0, 0.05) is 17.5 Å². The van der Waals surface area contributed by atoms with Crippen molar-refractivity contribution >= 4 is 11.4 Å². The third kappa shape index (κ3) is 3.16. The van der Waals surface area contributed by atoms with Crippen LogP contribution in [0.1, 0.15) is 28.7 Å². The molecule has 5 heteroatoms. The summed E-state index contributed by atoms with van der Waals surface area (Å²) in [5.41, 5.74) is 8.91. The fourth-order valence-corrected chi connectivity index (χ4v) is 6.84. The molecule has 0 radical (unpaired) electrons. The first-order valence-corrected chi connectivity index (χ1v) is 13.2. The molecule has 4 aromatic rings. The van der Waals surface area contributed by atoms with Crippen molar-refractivity contribution in [3.8, 4) is 11.1 Å². The standard InChI is InChI=1S/C34H24N4.Pt/c1-3-13-30-28(11-1)29-12-2-4-14-31(29)34(30)24-7-5-9-26(19-24)35-15-17-37(22-35)32-21-33(32)38-18-16-36(23-38)27-10-6-8-25(34)20-27;/h1-18,22-23,32-33H,21H2;/q-4;+4. The van der Waals surface area contributed by atoms with Crippen LogP contribution in [0.25, 0.3) is 11.1 Å². The summed E-state index contributed by atoms with van der Waals surface area (Å²) in [6.45, 7) is 4.43. The summed E-state index contributed by atoms with van der Waals surface area (Å²) in [6, 6.07) is 39.5. The first-order chi connectivity index (χ1) is 18.8. The largest absolute Gasteiger partial charge is 4.00 e. The predicted octanol–water partition coefficient (Wildman–Crippen LogP) is 6.23. The molecule has 9 rings (SSSR count). The quantitative estimate of drug-likeness (QED) is 0.180. The number of rotatable bonds is 0. The van der Waals surface area contributed by atoms with Crippen LogP contribution in [0.3, 0.4) is 0 Å². The van der Waals surface area contributed by atoms with Crippen molar-refractivity contribution in [3.05, 3.63) is 157 Å². The molecule has 1 fully saturated rings. The van der Waals surface area contributed by atoms with Crippen molar-refractivity contribution in [2.45, 2.75) is 23.9 Å². The number of hydrogen-bond acceptors (Lipinski definition) is 4. The van der Waals surface area contributed by atoms with E-state index in [4.69, 9.17) is 0 Å². The molecule has 3 aliphatic heterocycles. The minimum absolute atomic E-state index is 0. The summed E-state index contributed by atoms with van der Waals surface area (Å²) < 4.78 is 0. The smallest absolute Gasteiger partial charge is 0.504 e. The predicted molar refractivity (Wildman–Crippen MR) is 149 cm³/mol. The Morgan fingerprint density at radius 2 is 1.08 bits per heavy atom. The Morgan fingerprint density at radius 1 is 0.590 bits per heavy atom. The van der Waals surface area contributed by atoms with Gasteiger partial charge in [0.2, 0.25) is 0 Å². The van der Waals surface area contributed by atoms with Gasteiger partial charge in [-0.3, -0.25) is 0 Å². The first kappa shape index (κ1) is 23.2. The summed E-state index contributed by atoms with van der Waals surface area (Å²) in [5.74, 6) is 0. The third-order valence-electron chi connectivity index (χ3n) is 8.68. The Kier molecular flexibility index (Phi) is 4.97. The molecular weight excluding hydrogens is 659 g/mol. The molecule has 0 N–H and O–H groups in total. The Hall–Kier alpha value is -3.75. The van der Waals surface area contributed by atoms with Gasteiger partial charge in [0.15, 0.2) is 0 Å². The minimum Gasteiger partial charge on any atom is -0.504 e. The van der Waals surface area contributed by atoms with Crippen molar-refractivity contribution in [2.75, 3.05) is 9.80 Å². The molecule has 39 heavy (non-hydrogen) atoms. The summed E-state index contributed by atoms with van der Waals surface area (Å²) in [7, 11) is 0. The monoisotopic (exact) mass is 683 g/mol. The van der Waals surface area contributed by atoms with Crippen molar-refractivity contribution in [2.24, 2.45) is 0 Å². The van der Waals surface area contributed by atoms with Gasteiger partial charge in [-0.25, -0.2) is 0 Å². The number of anilines is 2. The van der Waals surface area contributed by atoms with Crippen molar-refractivity contribution < 1.29 is 21.1 Å². The number of nitrogens with zero attached hydrogens (tertiary/aromatic N) is 4. The minimum atomic E-state index is -0.534. The second-order valence-electron chi connectivity index (χ2n) is 10.6. The Bertz CT molecular complexity index is 1550. The second kappa shape index (κ2) is 8.37. The molecule has 0 saturated heterocycles. The van der Waals surface area contributed by atoms with Crippen molar-refractivity contribution in [1.29, 1.82) is 0 Å². The topological polar surface area (TPSA) is 13.0 Å². The van der Waals surface area contributed by atoms with Gasteiger partial charge < -0.3 is 19.6 Å². The van der Waals surface area contributed by atoms with Crippen LogP contribution in [0.5, 0.6) is 0 Å². The van der Waals surface area contributed by atoms with E-state index in [2.05, 4.69) is 155 Å². The average Bonchev–Trinajstić information content (AvgIpc) is 3.32. The van der Waals surface area contributed by atoms with Crippen LogP contribution in [-0.2, 0) is 26.5 Å². The van der Waals surface area contributed by atoms with Crippen LogP contribution in [0.15, 0.2) is 110 Å². The average molecular weight is 684 g/mol. The van der Waals surface area contributed by atoms with Gasteiger partial charge in [0.1, 0.15) is 0 Å². The summed E-state index contributed by atoms with van der Waals surface area (Å²) in [4.78, 5) is 9.10. The normalized spacial score (nSPS) is 22.2. The van der Waals surface area contributed by atoms with E-state index in [1.54, 1.807) is 0 Å². The van der Waals surface area contributed by atoms with E-state index >= 15 is 0 Å². The molecule has 190 valence electrons. The van der Waals surface area contributed by atoms with Gasteiger partial charge in [-0.1, -0.05) is 48.5 Å². The number of fused-ring (bicyclic) bond motifs is 20. The van der Waals surface area contributed by atoms with Crippen LogP contribution in [0.4, 0.5) is 11.4 Å². The van der Waals surface area contributed by atoms with E-state index in [0.29, 0.717) is 12.1 Å². The molecule has 2 atom stereocenters. The zero-order valence-electron chi connectivity index (χ0n) is 21.0. The van der Waals surface area contributed by atoms with Gasteiger partial charge in [-0.15, -0.1) is 22.5 Å². The van der Waals surface area contributed by atoms with Crippen LogP contribution in [0.2, 0.25) is 0 Å². The number of benzene rings is 4. The van der Waals surface area contributed by atoms with E-state index in [9.17, 15) is 0 Å². The first-order valence-electron chi connectivity index (χ1n) is 13.2. The molecule has 2 aliphatic carbocycles. The summed E-state index contributed by atoms with van der Waals surface area (Å²) in [6.07, 6.45) is 9.83. The molecule has 0 amide bonds. The van der Waals surface area contributed by atoms with Crippen LogP contribution in [0, 0.1) is 25.5 Å². The van der Waals surface area contributed by atoms with Crippen molar-refractivity contribution in [3.63, 3.8) is 0 Å². The fourth-order valence-electron chi connectivity index (χ4n) is 6.84. The summed E-state index contributed by atoms with van der Waals surface area (Å²) >= 11 is 0. The zero-order chi connectivity index (χ0) is 24.8. The SMILES string of the molecule is [Pt+4].[c-]1c2cccc1C1(c3[c-]c(ccc3)N3C=CN([CH-]3)C3CC3N3C=CN2[CH-]3)c2ccccc2-c2ccccc21. The molecule has 0 aromatic heterocycles. The van der Waals surface area contributed by atoms with Crippen LogP contribution in [-0.4, -0.2) is 21.9 Å². The molecule has 8 bridgehead atoms. The molecule has 3 heterocycles. The number of hydrogen-bond donors (Lipinski definition) is 0. The second-order valence-corrected chi connectivity index (χ2v) is 10.6. The van der Waals surface area contributed by atoms with Gasteiger partial charge in [-0.05, 0) is 53.5 Å². The van der Waals surface area contributed by atoms with E-state index in [-0.39, 0.29) is 21.1 Å². The van der Waals surface area contributed by atoms with E-state index < -0.39 is 5.41 Å². The molecular formula is C34H24N4Pt. The molecule has 1 spiro atoms. The maximum absolute atomic E-state index is 3.88. The van der Waals surface area contributed by atoms with Crippen LogP contribution >= 0.6 is 0 Å². The molecule has 4 nitrogen and oxygen atoms in total. The maximum atomic E-state index is 3.88. The van der Waals surface area contributed by atoms with Gasteiger partial charge in [0.05, 0.1) is 0 Å². The van der Waals surface area contributed by atoms with E-state index in [1.807, 2.05) is 0 Å². The third-order valence-corrected chi connectivity index (χ3v) is 8.68. The molecule has 1 saturated carbocycles. The van der Waals surface area contributed by atoms with Crippen molar-refractivity contribution in [1.82, 2.24) is 9.80 Å². The molecule has 4 aromatic carbocycles. The fraction of sp³-hybridized carbons (Fsp3) is 0.118. The molecule has 2 unspecified atom stereocenters. The Labute approximate surface area is 243 Å². The Balaban J connectivity index is 0.00000235. The molecule has 5 aliphatic rings. The van der Waals surface area contributed by atoms with E-state index in [0.717, 1.165) is 28.9 Å². The Morgan fingerprint density at radius 3 is 1.59 bits per heavy atom. The zero-order valence-corrected chi connectivity index (χ0v) is 23.3. The van der Waals surface area contributed by atoms with Gasteiger partial charge in [-0.2, -0.15) is 61.9 Å². The van der Waals surface area contributed by atoms with Gasteiger partial charge in [0.25, 0.3) is 0 Å². The van der Waals surface area contributed by atoms with E-state index in [1.165, 1.54) is 22.3 Å². The summed E-state index contributed by atoms with van der Waals surface area (Å²) in [5, 5.41) is 0. The van der Waals surface area contributed by atoms with Crippen LogP contribution < -0.4 is 9.80 Å². The maximum Gasteiger partial charge on any atom is 4.00 e. The van der Waals surface area contributed by atoms with Gasteiger partial charge >= 0.3 is 21.1 Å².